The molecule has 1 aliphatic rings. The summed E-state index contributed by atoms with van der Waals surface area (Å²) in [6.45, 7) is 8.53. The van der Waals surface area contributed by atoms with Gasteiger partial charge < -0.3 is 11.1 Å². The monoisotopic (exact) mass is 301 g/mol. The summed E-state index contributed by atoms with van der Waals surface area (Å²) in [6.07, 6.45) is 1.46. The van der Waals surface area contributed by atoms with Crippen molar-refractivity contribution in [3.8, 4) is 0 Å². The number of fused-ring (bicyclic) bond motifs is 1. The van der Waals surface area contributed by atoms with Gasteiger partial charge in [0.25, 0.3) is 0 Å². The van der Waals surface area contributed by atoms with Crippen LogP contribution in [0.4, 0.5) is 5.95 Å². The van der Waals surface area contributed by atoms with Crippen LogP contribution in [0.25, 0.3) is 0 Å². The van der Waals surface area contributed by atoms with E-state index in [1.165, 1.54) is 6.33 Å². The Kier molecular flexibility index (Phi) is 3.23. The Labute approximate surface area is 128 Å². The molecule has 0 aliphatic carbocycles. The number of nitrogens with one attached hydrogen (secondary N) is 1. The molecular formula is C14H19N7O. The molecule has 1 amide bonds. The van der Waals surface area contributed by atoms with Crippen molar-refractivity contribution in [3.05, 3.63) is 34.5 Å². The van der Waals surface area contributed by atoms with E-state index >= 15 is 0 Å². The standard InChI is InChI=1S/C14H19N7O/c1-5-20-9(4)10(8(3)19-20)12-11(13(15)22)7(2)18-14-16-6-17-21(12)14/h6,12H,5H2,1-4H3,(H2,15,22)(H,16,17,18). The predicted molar refractivity (Wildman–Crippen MR) is 81.1 cm³/mol. The summed E-state index contributed by atoms with van der Waals surface area (Å²) < 4.78 is 3.60. The van der Waals surface area contributed by atoms with Crippen LogP contribution in [0.5, 0.6) is 0 Å². The Morgan fingerprint density at radius 1 is 1.41 bits per heavy atom. The third-order valence-corrected chi connectivity index (χ3v) is 4.07. The van der Waals surface area contributed by atoms with Crippen LogP contribution < -0.4 is 11.1 Å². The molecule has 2 aromatic heterocycles. The molecule has 3 rings (SSSR count). The minimum atomic E-state index is -0.473. The fourth-order valence-electron chi connectivity index (χ4n) is 3.09. The topological polar surface area (TPSA) is 104 Å². The maximum Gasteiger partial charge on any atom is 0.248 e. The highest BCUT2D eigenvalue weighted by molar-refractivity contribution is 5.95. The summed E-state index contributed by atoms with van der Waals surface area (Å²) >= 11 is 0. The van der Waals surface area contributed by atoms with E-state index in [9.17, 15) is 4.79 Å². The quantitative estimate of drug-likeness (QED) is 0.876. The molecule has 22 heavy (non-hydrogen) atoms. The second-order valence-electron chi connectivity index (χ2n) is 5.36. The van der Waals surface area contributed by atoms with E-state index in [1.807, 2.05) is 32.4 Å². The molecule has 8 nitrogen and oxygen atoms in total. The summed E-state index contributed by atoms with van der Waals surface area (Å²) in [5.41, 5.74) is 9.61. The second kappa shape index (κ2) is 4.97. The van der Waals surface area contributed by atoms with Crippen molar-refractivity contribution in [2.45, 2.75) is 40.3 Å². The minimum absolute atomic E-state index is 0.406. The van der Waals surface area contributed by atoms with Gasteiger partial charge in [0.05, 0.1) is 11.3 Å². The maximum absolute atomic E-state index is 12.0. The van der Waals surface area contributed by atoms with E-state index in [4.69, 9.17) is 5.73 Å². The molecule has 0 fully saturated rings. The molecule has 3 N–H and O–H groups in total. The molecule has 2 aromatic rings. The van der Waals surface area contributed by atoms with Crippen molar-refractivity contribution >= 4 is 11.9 Å². The number of allylic oxidation sites excluding steroid dienone is 1. The van der Waals surface area contributed by atoms with Crippen molar-refractivity contribution in [3.63, 3.8) is 0 Å². The number of carbonyl (C=O) groups excluding carboxylic acids is 1. The summed E-state index contributed by atoms with van der Waals surface area (Å²) in [5, 5.41) is 11.9. The number of hydrogen-bond acceptors (Lipinski definition) is 5. The van der Waals surface area contributed by atoms with Crippen LogP contribution in [0.1, 0.15) is 36.8 Å². The smallest absolute Gasteiger partial charge is 0.248 e. The summed E-state index contributed by atoms with van der Waals surface area (Å²) in [6, 6.07) is -0.406. The van der Waals surface area contributed by atoms with Crippen LogP contribution >= 0.6 is 0 Å². The van der Waals surface area contributed by atoms with Crippen LogP contribution in [0, 0.1) is 13.8 Å². The summed E-state index contributed by atoms with van der Waals surface area (Å²) in [7, 11) is 0. The Bertz CT molecular complexity index is 783. The number of aromatic nitrogens is 5. The zero-order chi connectivity index (χ0) is 16.0. The normalized spacial score (nSPS) is 17.4. The molecule has 0 bridgehead atoms. The largest absolute Gasteiger partial charge is 0.366 e. The van der Waals surface area contributed by atoms with E-state index < -0.39 is 11.9 Å². The molecule has 1 unspecified atom stereocenters. The van der Waals surface area contributed by atoms with Gasteiger partial charge in [-0.1, -0.05) is 0 Å². The highest BCUT2D eigenvalue weighted by Crippen LogP contribution is 2.37. The first kappa shape index (κ1) is 14.3. The number of aryl methyl sites for hydroxylation is 2. The van der Waals surface area contributed by atoms with E-state index in [2.05, 4.69) is 20.5 Å². The van der Waals surface area contributed by atoms with Gasteiger partial charge in [0.2, 0.25) is 11.9 Å². The summed E-state index contributed by atoms with van der Waals surface area (Å²) in [5.74, 6) is 0.120. The molecule has 1 atom stereocenters. The fraction of sp³-hybridized carbons (Fsp3) is 0.429. The lowest BCUT2D eigenvalue weighted by Crippen LogP contribution is -2.32. The number of anilines is 1. The average molecular weight is 301 g/mol. The first-order valence-electron chi connectivity index (χ1n) is 7.16. The van der Waals surface area contributed by atoms with Gasteiger partial charge in [0, 0.05) is 23.5 Å². The van der Waals surface area contributed by atoms with Crippen molar-refractivity contribution < 1.29 is 4.79 Å². The molecule has 0 aromatic carbocycles. The van der Waals surface area contributed by atoms with E-state index in [0.717, 1.165) is 23.5 Å². The number of nitrogens with zero attached hydrogens (tertiary/aromatic N) is 5. The SMILES string of the molecule is CCn1nc(C)c(C2C(C(N)=O)=C(C)Nc3ncnn32)c1C. The first-order valence-corrected chi connectivity index (χ1v) is 7.16. The Morgan fingerprint density at radius 3 is 2.73 bits per heavy atom. The molecule has 0 spiro atoms. The minimum Gasteiger partial charge on any atom is -0.366 e. The molecular weight excluding hydrogens is 282 g/mol. The van der Waals surface area contributed by atoms with E-state index in [1.54, 1.807) is 4.68 Å². The molecule has 8 heteroatoms. The maximum atomic E-state index is 12.0. The zero-order valence-electron chi connectivity index (χ0n) is 13.1. The van der Waals surface area contributed by atoms with Gasteiger partial charge in [0.15, 0.2) is 0 Å². The Hall–Kier alpha value is -2.64. The van der Waals surface area contributed by atoms with Crippen LogP contribution in [0.2, 0.25) is 0 Å². The number of nitrogens with two attached hydrogens (primary N) is 1. The number of primary amides is 1. The molecule has 1 aliphatic heterocycles. The second-order valence-corrected chi connectivity index (χ2v) is 5.36. The van der Waals surface area contributed by atoms with Crippen LogP contribution in [0.15, 0.2) is 17.6 Å². The van der Waals surface area contributed by atoms with Crippen molar-refractivity contribution in [1.29, 1.82) is 0 Å². The molecule has 0 saturated carbocycles. The molecule has 0 radical (unpaired) electrons. The van der Waals surface area contributed by atoms with Crippen LogP contribution in [0.3, 0.4) is 0 Å². The number of hydrogen-bond donors (Lipinski definition) is 2. The van der Waals surface area contributed by atoms with Crippen molar-refractivity contribution in [1.82, 2.24) is 24.5 Å². The van der Waals surface area contributed by atoms with Crippen molar-refractivity contribution in [2.24, 2.45) is 5.73 Å². The predicted octanol–water partition coefficient (Wildman–Crippen LogP) is 0.886. The highest BCUT2D eigenvalue weighted by Gasteiger charge is 2.35. The van der Waals surface area contributed by atoms with Gasteiger partial charge in [-0.05, 0) is 27.7 Å². The van der Waals surface area contributed by atoms with Crippen LogP contribution in [-0.2, 0) is 11.3 Å². The number of rotatable bonds is 3. The first-order chi connectivity index (χ1) is 10.5. The number of carbonyl (C=O) groups is 1. The third-order valence-electron chi connectivity index (χ3n) is 4.07. The lowest BCUT2D eigenvalue weighted by atomic mass is 9.94. The van der Waals surface area contributed by atoms with E-state index in [-0.39, 0.29) is 0 Å². The highest BCUT2D eigenvalue weighted by atomic mass is 16.1. The van der Waals surface area contributed by atoms with Gasteiger partial charge in [-0.3, -0.25) is 9.48 Å². The van der Waals surface area contributed by atoms with Crippen molar-refractivity contribution in [2.75, 3.05) is 5.32 Å². The van der Waals surface area contributed by atoms with Gasteiger partial charge in [-0.25, -0.2) is 4.68 Å². The molecule has 0 saturated heterocycles. The molecule has 116 valence electrons. The average Bonchev–Trinajstić information content (AvgIpc) is 3.01. The van der Waals surface area contributed by atoms with Gasteiger partial charge in [-0.15, -0.1) is 0 Å². The Balaban J connectivity index is 2.28. The molecule has 3 heterocycles. The lowest BCUT2D eigenvalue weighted by Gasteiger charge is -2.27. The van der Waals surface area contributed by atoms with Gasteiger partial charge in [-0.2, -0.15) is 15.2 Å². The third kappa shape index (κ3) is 1.91. The van der Waals surface area contributed by atoms with Crippen LogP contribution in [-0.4, -0.2) is 30.5 Å². The fourth-order valence-corrected chi connectivity index (χ4v) is 3.09. The lowest BCUT2D eigenvalue weighted by molar-refractivity contribution is -0.115. The number of amides is 1. The van der Waals surface area contributed by atoms with E-state index in [0.29, 0.717) is 17.2 Å². The Morgan fingerprint density at radius 2 is 2.14 bits per heavy atom. The van der Waals surface area contributed by atoms with Gasteiger partial charge in [0.1, 0.15) is 12.4 Å². The summed E-state index contributed by atoms with van der Waals surface area (Å²) in [4.78, 5) is 16.2. The zero-order valence-corrected chi connectivity index (χ0v) is 13.1. The van der Waals surface area contributed by atoms with Gasteiger partial charge >= 0.3 is 0 Å².